The van der Waals surface area contributed by atoms with Crippen LogP contribution in [0.4, 0.5) is 0 Å². The van der Waals surface area contributed by atoms with Crippen molar-refractivity contribution in [2.24, 2.45) is 5.41 Å². The Morgan fingerprint density at radius 3 is 2.70 bits per heavy atom. The molecule has 0 radical (unpaired) electrons. The van der Waals surface area contributed by atoms with E-state index in [0.717, 1.165) is 23.5 Å². The van der Waals surface area contributed by atoms with Crippen LogP contribution in [0.15, 0.2) is 23.4 Å². The molecule has 1 aromatic rings. The molecule has 126 valence electrons. The molecule has 0 N–H and O–H groups in total. The molecular weight excluding hydrogens is 310 g/mol. The summed E-state index contributed by atoms with van der Waals surface area (Å²) in [6.07, 6.45) is 6.10. The summed E-state index contributed by atoms with van der Waals surface area (Å²) in [5.41, 5.74) is 2.32. The van der Waals surface area contributed by atoms with E-state index in [9.17, 15) is 4.79 Å². The molecule has 0 spiro atoms. The Hall–Kier alpha value is -1.69. The molecule has 6 heteroatoms. The molecule has 1 aliphatic carbocycles. The van der Waals surface area contributed by atoms with Crippen LogP contribution in [0.25, 0.3) is 0 Å². The number of rotatable bonds is 6. The highest BCUT2D eigenvalue weighted by molar-refractivity contribution is 7.13. The SMILES string of the molecule is CCc1nnc(OCC(=O)N(CC)C2=CC(C)(C)CC(C)=C2)s1. The number of aromatic nitrogens is 2. The molecular formula is C17H25N3O2S. The molecule has 23 heavy (non-hydrogen) atoms. The van der Waals surface area contributed by atoms with Crippen molar-refractivity contribution in [2.75, 3.05) is 13.2 Å². The number of carbonyl (C=O) groups excluding carboxylic acids is 1. The zero-order chi connectivity index (χ0) is 17.0. The minimum Gasteiger partial charge on any atom is -0.459 e. The third-order valence-corrected chi connectivity index (χ3v) is 4.65. The lowest BCUT2D eigenvalue weighted by atomic mass is 9.81. The Balaban J connectivity index is 2.05. The van der Waals surface area contributed by atoms with E-state index in [1.54, 1.807) is 4.90 Å². The van der Waals surface area contributed by atoms with Gasteiger partial charge in [-0.3, -0.25) is 4.79 Å². The summed E-state index contributed by atoms with van der Waals surface area (Å²) >= 11 is 1.39. The molecule has 0 aromatic carbocycles. The zero-order valence-electron chi connectivity index (χ0n) is 14.5. The minimum absolute atomic E-state index is 0.0170. The molecule has 1 amide bonds. The number of likely N-dealkylation sites (N-methyl/N-ethyl adjacent to an activating group) is 1. The van der Waals surface area contributed by atoms with Crippen molar-refractivity contribution >= 4 is 17.2 Å². The van der Waals surface area contributed by atoms with Crippen molar-refractivity contribution in [2.45, 2.75) is 47.5 Å². The van der Waals surface area contributed by atoms with Crippen LogP contribution in [0.1, 0.15) is 46.0 Å². The van der Waals surface area contributed by atoms with Crippen LogP contribution in [0.5, 0.6) is 5.19 Å². The van der Waals surface area contributed by atoms with E-state index < -0.39 is 0 Å². The van der Waals surface area contributed by atoms with E-state index >= 15 is 0 Å². The molecule has 0 aliphatic heterocycles. The lowest BCUT2D eigenvalue weighted by Gasteiger charge is -2.31. The van der Waals surface area contributed by atoms with Crippen molar-refractivity contribution in [3.05, 3.63) is 28.4 Å². The second kappa shape index (κ2) is 7.25. The van der Waals surface area contributed by atoms with Gasteiger partial charge in [-0.05, 0) is 38.2 Å². The highest BCUT2D eigenvalue weighted by atomic mass is 32.1. The quantitative estimate of drug-likeness (QED) is 0.797. The Bertz CT molecular complexity index is 632. The van der Waals surface area contributed by atoms with Gasteiger partial charge < -0.3 is 9.64 Å². The maximum atomic E-state index is 12.5. The average molecular weight is 335 g/mol. The average Bonchev–Trinajstić information content (AvgIpc) is 2.91. The van der Waals surface area contributed by atoms with Gasteiger partial charge in [0, 0.05) is 12.2 Å². The second-order valence-corrected chi connectivity index (χ2v) is 7.49. The van der Waals surface area contributed by atoms with Crippen LogP contribution in [-0.4, -0.2) is 34.2 Å². The Labute approximate surface area is 142 Å². The molecule has 5 nitrogen and oxygen atoms in total. The van der Waals surface area contributed by atoms with E-state index in [1.807, 2.05) is 13.8 Å². The van der Waals surface area contributed by atoms with E-state index in [2.05, 4.69) is 43.1 Å². The fraction of sp³-hybridized carbons (Fsp3) is 0.588. The maximum absolute atomic E-state index is 12.5. The predicted molar refractivity (Wildman–Crippen MR) is 92.4 cm³/mol. The molecule has 0 unspecified atom stereocenters. The monoisotopic (exact) mass is 335 g/mol. The number of nitrogens with zero attached hydrogens (tertiary/aromatic N) is 3. The van der Waals surface area contributed by atoms with E-state index in [0.29, 0.717) is 11.7 Å². The van der Waals surface area contributed by atoms with Crippen LogP contribution in [0.2, 0.25) is 0 Å². The molecule has 0 atom stereocenters. The van der Waals surface area contributed by atoms with Gasteiger partial charge in [-0.1, -0.05) is 43.8 Å². The molecule has 1 aliphatic rings. The van der Waals surface area contributed by atoms with Crippen molar-refractivity contribution in [3.8, 4) is 5.19 Å². The van der Waals surface area contributed by atoms with Crippen molar-refractivity contribution in [1.29, 1.82) is 0 Å². The summed E-state index contributed by atoms with van der Waals surface area (Å²) in [5.74, 6) is -0.0613. The Morgan fingerprint density at radius 2 is 2.13 bits per heavy atom. The first-order chi connectivity index (χ1) is 10.8. The van der Waals surface area contributed by atoms with Crippen LogP contribution in [0, 0.1) is 5.41 Å². The van der Waals surface area contributed by atoms with Gasteiger partial charge in [0.15, 0.2) is 6.61 Å². The number of aryl methyl sites for hydroxylation is 1. The molecule has 1 aromatic heterocycles. The fourth-order valence-electron chi connectivity index (χ4n) is 2.81. The highest BCUT2D eigenvalue weighted by Crippen LogP contribution is 2.34. The third-order valence-electron chi connectivity index (χ3n) is 3.67. The Kier molecular flexibility index (Phi) is 5.57. The van der Waals surface area contributed by atoms with Crippen molar-refractivity contribution in [3.63, 3.8) is 0 Å². The van der Waals surface area contributed by atoms with Crippen LogP contribution in [-0.2, 0) is 11.2 Å². The smallest absolute Gasteiger partial charge is 0.294 e. The van der Waals surface area contributed by atoms with Gasteiger partial charge in [0.05, 0.1) is 0 Å². The van der Waals surface area contributed by atoms with Crippen LogP contribution < -0.4 is 4.74 Å². The number of ether oxygens (including phenoxy) is 1. The van der Waals surface area contributed by atoms with E-state index in [4.69, 9.17) is 4.74 Å². The molecule has 1 heterocycles. The van der Waals surface area contributed by atoms with Gasteiger partial charge in [0.1, 0.15) is 5.01 Å². The molecule has 2 rings (SSSR count). The molecule has 0 fully saturated rings. The lowest BCUT2D eigenvalue weighted by molar-refractivity contribution is -0.131. The number of hydrogen-bond donors (Lipinski definition) is 0. The second-order valence-electron chi connectivity index (χ2n) is 6.47. The summed E-state index contributed by atoms with van der Waals surface area (Å²) in [6.45, 7) is 11.1. The predicted octanol–water partition coefficient (Wildman–Crippen LogP) is 3.59. The maximum Gasteiger partial charge on any atom is 0.294 e. The summed E-state index contributed by atoms with van der Waals surface area (Å²) in [5, 5.41) is 9.30. The van der Waals surface area contributed by atoms with Crippen molar-refractivity contribution < 1.29 is 9.53 Å². The van der Waals surface area contributed by atoms with Gasteiger partial charge in [-0.15, -0.1) is 10.2 Å². The number of amides is 1. The highest BCUT2D eigenvalue weighted by Gasteiger charge is 2.25. The van der Waals surface area contributed by atoms with Gasteiger partial charge in [0.25, 0.3) is 11.1 Å². The van der Waals surface area contributed by atoms with Crippen LogP contribution in [0.3, 0.4) is 0 Å². The number of hydrogen-bond acceptors (Lipinski definition) is 5. The van der Waals surface area contributed by atoms with Crippen LogP contribution >= 0.6 is 11.3 Å². The minimum atomic E-state index is -0.0613. The largest absolute Gasteiger partial charge is 0.459 e. The number of carbonyl (C=O) groups is 1. The summed E-state index contributed by atoms with van der Waals surface area (Å²) < 4.78 is 5.51. The standard InChI is InChI=1S/C17H25N3O2S/c1-6-14-18-19-16(23-14)22-11-15(21)20(7-2)13-8-12(3)9-17(4,5)10-13/h8,10H,6-7,9,11H2,1-5H3. The normalized spacial score (nSPS) is 16.6. The number of allylic oxidation sites excluding steroid dienone is 3. The first-order valence-corrected chi connectivity index (χ1v) is 8.82. The molecule has 0 saturated carbocycles. The van der Waals surface area contributed by atoms with Gasteiger partial charge in [0.2, 0.25) is 0 Å². The molecule has 0 bridgehead atoms. The lowest BCUT2D eigenvalue weighted by Crippen LogP contribution is -2.35. The van der Waals surface area contributed by atoms with E-state index in [1.165, 1.54) is 16.9 Å². The summed E-state index contributed by atoms with van der Waals surface area (Å²) in [4.78, 5) is 14.3. The fourth-order valence-corrected chi connectivity index (χ4v) is 3.44. The van der Waals surface area contributed by atoms with Gasteiger partial charge >= 0.3 is 0 Å². The third kappa shape index (κ3) is 4.64. The molecule has 0 saturated heterocycles. The summed E-state index contributed by atoms with van der Waals surface area (Å²) in [7, 11) is 0. The Morgan fingerprint density at radius 1 is 1.39 bits per heavy atom. The first kappa shape index (κ1) is 17.7. The zero-order valence-corrected chi connectivity index (χ0v) is 15.4. The van der Waals surface area contributed by atoms with Gasteiger partial charge in [-0.2, -0.15) is 0 Å². The van der Waals surface area contributed by atoms with E-state index in [-0.39, 0.29) is 17.9 Å². The topological polar surface area (TPSA) is 55.3 Å². The first-order valence-electron chi connectivity index (χ1n) is 8.00. The summed E-state index contributed by atoms with van der Waals surface area (Å²) in [6, 6.07) is 0. The van der Waals surface area contributed by atoms with Gasteiger partial charge in [-0.25, -0.2) is 0 Å². The van der Waals surface area contributed by atoms with Crippen molar-refractivity contribution in [1.82, 2.24) is 15.1 Å².